The molecule has 10 heteroatoms. The standard InChI is InChI=1S/C12H10F7NO2/c1-22-8-5-3-2-4-7(8)6-20-9(21)10(13,14)11(15,16)12(17,18)19/h2-5H,6H2,1H3,(H,20,21). The van der Waals surface area contributed by atoms with E-state index in [1.165, 1.54) is 36.7 Å². The molecular weight excluding hydrogens is 323 g/mol. The number of carbonyl (C=O) groups excluding carboxylic acids is 1. The van der Waals surface area contributed by atoms with Gasteiger partial charge in [0.25, 0.3) is 5.91 Å². The van der Waals surface area contributed by atoms with Gasteiger partial charge in [0.05, 0.1) is 7.11 Å². The molecule has 3 nitrogen and oxygen atoms in total. The minimum atomic E-state index is -6.56. The van der Waals surface area contributed by atoms with Gasteiger partial charge in [-0.05, 0) is 6.07 Å². The normalized spacial score (nSPS) is 12.9. The predicted octanol–water partition coefficient (Wildman–Crippen LogP) is 3.14. The maximum absolute atomic E-state index is 13.1. The number of alkyl halides is 7. The van der Waals surface area contributed by atoms with Crippen LogP contribution in [0.2, 0.25) is 0 Å². The second-order valence-electron chi connectivity index (χ2n) is 4.14. The van der Waals surface area contributed by atoms with Crippen LogP contribution in [0.5, 0.6) is 5.75 Å². The zero-order valence-corrected chi connectivity index (χ0v) is 11.0. The van der Waals surface area contributed by atoms with Crippen molar-refractivity contribution in [3.63, 3.8) is 0 Å². The van der Waals surface area contributed by atoms with E-state index in [-0.39, 0.29) is 11.3 Å². The molecule has 0 heterocycles. The van der Waals surface area contributed by atoms with Crippen LogP contribution in [0.3, 0.4) is 0 Å². The number of para-hydroxylation sites is 1. The lowest BCUT2D eigenvalue weighted by Crippen LogP contribution is -2.59. The Morgan fingerprint density at radius 2 is 1.64 bits per heavy atom. The van der Waals surface area contributed by atoms with E-state index < -0.39 is 30.5 Å². The van der Waals surface area contributed by atoms with Gasteiger partial charge in [0, 0.05) is 12.1 Å². The molecule has 0 aliphatic rings. The van der Waals surface area contributed by atoms with Crippen LogP contribution in [0.25, 0.3) is 0 Å². The third-order valence-electron chi connectivity index (χ3n) is 2.67. The highest BCUT2D eigenvalue weighted by Gasteiger charge is 2.76. The fraction of sp³-hybridized carbons (Fsp3) is 0.417. The van der Waals surface area contributed by atoms with Gasteiger partial charge in [-0.1, -0.05) is 18.2 Å². The lowest BCUT2D eigenvalue weighted by atomic mass is 10.1. The summed E-state index contributed by atoms with van der Waals surface area (Å²) < 4.78 is 92.1. The summed E-state index contributed by atoms with van der Waals surface area (Å²) in [6.07, 6.45) is -6.56. The summed E-state index contributed by atoms with van der Waals surface area (Å²) in [4.78, 5) is 11.0. The van der Waals surface area contributed by atoms with E-state index in [2.05, 4.69) is 0 Å². The first-order valence-corrected chi connectivity index (χ1v) is 5.67. The fourth-order valence-corrected chi connectivity index (χ4v) is 1.46. The number of hydrogen-bond acceptors (Lipinski definition) is 2. The molecule has 0 saturated heterocycles. The maximum Gasteiger partial charge on any atom is 0.460 e. The first-order valence-electron chi connectivity index (χ1n) is 5.67. The van der Waals surface area contributed by atoms with Gasteiger partial charge in [-0.15, -0.1) is 0 Å². The quantitative estimate of drug-likeness (QED) is 0.841. The number of halogens is 7. The van der Waals surface area contributed by atoms with Gasteiger partial charge in [-0.2, -0.15) is 30.7 Å². The van der Waals surface area contributed by atoms with Crippen LogP contribution in [0.1, 0.15) is 5.56 Å². The van der Waals surface area contributed by atoms with E-state index in [0.29, 0.717) is 0 Å². The zero-order valence-electron chi connectivity index (χ0n) is 11.0. The number of carbonyl (C=O) groups is 1. The van der Waals surface area contributed by atoms with Crippen molar-refractivity contribution in [1.29, 1.82) is 0 Å². The molecule has 0 atom stereocenters. The Labute approximate surface area is 120 Å². The summed E-state index contributed by atoms with van der Waals surface area (Å²) >= 11 is 0. The van der Waals surface area contributed by atoms with Crippen LogP contribution in [0.4, 0.5) is 30.7 Å². The van der Waals surface area contributed by atoms with Gasteiger partial charge in [0.15, 0.2) is 0 Å². The van der Waals surface area contributed by atoms with Gasteiger partial charge < -0.3 is 10.1 Å². The molecule has 0 radical (unpaired) electrons. The molecule has 0 aliphatic heterocycles. The molecule has 1 amide bonds. The zero-order chi connectivity index (χ0) is 17.2. The van der Waals surface area contributed by atoms with Crippen molar-refractivity contribution >= 4 is 5.91 Å². The molecule has 1 rings (SSSR count). The maximum atomic E-state index is 13.1. The van der Waals surface area contributed by atoms with Crippen molar-refractivity contribution in [2.45, 2.75) is 24.6 Å². The first-order chi connectivity index (χ1) is 9.95. The second kappa shape index (κ2) is 6.01. The number of methoxy groups -OCH3 is 1. The predicted molar refractivity (Wildman–Crippen MR) is 60.8 cm³/mol. The average molecular weight is 333 g/mol. The molecule has 0 bridgehead atoms. The first kappa shape index (κ1) is 18.1. The molecule has 0 fully saturated rings. The molecule has 124 valence electrons. The SMILES string of the molecule is COc1ccccc1CNC(=O)C(F)(F)C(F)(F)C(F)(F)F. The van der Waals surface area contributed by atoms with E-state index in [1.807, 2.05) is 0 Å². The Hall–Kier alpha value is -2.00. The number of hydrogen-bond donors (Lipinski definition) is 1. The van der Waals surface area contributed by atoms with Crippen molar-refractivity contribution in [3.8, 4) is 5.75 Å². The Morgan fingerprint density at radius 3 is 2.14 bits per heavy atom. The van der Waals surface area contributed by atoms with Crippen LogP contribution in [0.15, 0.2) is 24.3 Å². The number of nitrogens with one attached hydrogen (secondary N) is 1. The van der Waals surface area contributed by atoms with Crippen molar-refractivity contribution in [3.05, 3.63) is 29.8 Å². The summed E-state index contributed by atoms with van der Waals surface area (Å²) in [6, 6.07) is 5.66. The lowest BCUT2D eigenvalue weighted by molar-refractivity contribution is -0.344. The largest absolute Gasteiger partial charge is 0.496 e. The van der Waals surface area contributed by atoms with Crippen LogP contribution >= 0.6 is 0 Å². The van der Waals surface area contributed by atoms with Crippen LogP contribution in [-0.4, -0.2) is 31.0 Å². The number of rotatable bonds is 5. The van der Waals surface area contributed by atoms with E-state index in [0.717, 1.165) is 0 Å². The minimum absolute atomic E-state index is 0.129. The summed E-state index contributed by atoms with van der Waals surface area (Å²) in [5.74, 6) is -15.0. The molecule has 1 aromatic rings. The minimum Gasteiger partial charge on any atom is -0.496 e. The number of benzene rings is 1. The Balaban J connectivity index is 2.89. The molecule has 1 N–H and O–H groups in total. The van der Waals surface area contributed by atoms with E-state index >= 15 is 0 Å². The molecule has 0 aromatic heterocycles. The Bertz CT molecular complexity index is 543. The van der Waals surface area contributed by atoms with Gasteiger partial charge in [-0.3, -0.25) is 4.79 Å². The highest BCUT2D eigenvalue weighted by molar-refractivity contribution is 5.84. The smallest absolute Gasteiger partial charge is 0.460 e. The van der Waals surface area contributed by atoms with E-state index in [9.17, 15) is 35.5 Å². The third kappa shape index (κ3) is 3.25. The van der Waals surface area contributed by atoms with Crippen molar-refractivity contribution < 1.29 is 40.3 Å². The number of amides is 1. The lowest BCUT2D eigenvalue weighted by Gasteiger charge is -2.27. The van der Waals surface area contributed by atoms with Gasteiger partial charge >= 0.3 is 18.0 Å². The number of ether oxygens (including phenoxy) is 1. The summed E-state index contributed by atoms with van der Waals surface area (Å²) in [6.45, 7) is -0.702. The molecule has 22 heavy (non-hydrogen) atoms. The van der Waals surface area contributed by atoms with Crippen molar-refractivity contribution in [2.75, 3.05) is 7.11 Å². The Morgan fingerprint density at radius 1 is 1.09 bits per heavy atom. The van der Waals surface area contributed by atoms with Crippen molar-refractivity contribution in [2.24, 2.45) is 0 Å². The fourth-order valence-electron chi connectivity index (χ4n) is 1.46. The van der Waals surface area contributed by atoms with Gasteiger partial charge in [0.1, 0.15) is 5.75 Å². The van der Waals surface area contributed by atoms with E-state index in [4.69, 9.17) is 4.74 Å². The average Bonchev–Trinajstić information content (AvgIpc) is 2.43. The van der Waals surface area contributed by atoms with Crippen LogP contribution in [-0.2, 0) is 11.3 Å². The molecular formula is C12H10F7NO2. The molecule has 1 aromatic carbocycles. The molecule has 0 aliphatic carbocycles. The molecule has 0 unspecified atom stereocenters. The summed E-state index contributed by atoms with van der Waals surface area (Å²) in [5.41, 5.74) is 0.129. The monoisotopic (exact) mass is 333 g/mol. The third-order valence-corrected chi connectivity index (χ3v) is 2.67. The topological polar surface area (TPSA) is 38.3 Å². The van der Waals surface area contributed by atoms with Gasteiger partial charge in [-0.25, -0.2) is 0 Å². The highest BCUT2D eigenvalue weighted by atomic mass is 19.4. The van der Waals surface area contributed by atoms with Crippen LogP contribution < -0.4 is 10.1 Å². The Kier molecular flexibility index (Phi) is 4.93. The summed E-state index contributed by atoms with van der Waals surface area (Å²) in [7, 11) is 1.23. The second-order valence-corrected chi connectivity index (χ2v) is 4.14. The van der Waals surface area contributed by atoms with Crippen molar-refractivity contribution in [1.82, 2.24) is 5.32 Å². The van der Waals surface area contributed by atoms with Crippen LogP contribution in [0, 0.1) is 0 Å². The van der Waals surface area contributed by atoms with Gasteiger partial charge in [0.2, 0.25) is 0 Å². The highest BCUT2D eigenvalue weighted by Crippen LogP contribution is 2.46. The summed E-state index contributed by atoms with van der Waals surface area (Å²) in [5, 5.41) is 1.34. The van der Waals surface area contributed by atoms with E-state index in [1.54, 1.807) is 0 Å². The molecule has 0 saturated carbocycles. The molecule has 0 spiro atoms.